The Bertz CT molecular complexity index is 1050. The van der Waals surface area contributed by atoms with Crippen LogP contribution in [0.4, 0.5) is 19.0 Å². The average Bonchev–Trinajstić information content (AvgIpc) is 3.06. The van der Waals surface area contributed by atoms with Crippen molar-refractivity contribution in [1.29, 1.82) is 0 Å². The van der Waals surface area contributed by atoms with Crippen molar-refractivity contribution in [2.45, 2.75) is 38.9 Å². The minimum Gasteiger partial charge on any atom is -0.383 e. The van der Waals surface area contributed by atoms with Crippen molar-refractivity contribution in [2.24, 2.45) is 0 Å². The molecule has 1 amide bonds. The SMILES string of the molecule is CC(C)(C)c1ccc(-n2ncc(C(=O)NCc3ccccc3C(F)(F)F)c2N)cc1. The van der Waals surface area contributed by atoms with Gasteiger partial charge in [-0.1, -0.05) is 51.1 Å². The summed E-state index contributed by atoms with van der Waals surface area (Å²) in [6, 6.07) is 12.7. The first kappa shape index (κ1) is 21.4. The lowest BCUT2D eigenvalue weighted by molar-refractivity contribution is -0.138. The van der Waals surface area contributed by atoms with E-state index in [0.717, 1.165) is 11.6 Å². The van der Waals surface area contributed by atoms with Gasteiger partial charge in [-0.2, -0.15) is 18.3 Å². The van der Waals surface area contributed by atoms with Crippen molar-refractivity contribution in [2.75, 3.05) is 5.73 Å². The van der Waals surface area contributed by atoms with Crippen LogP contribution in [0.15, 0.2) is 54.7 Å². The molecular formula is C22H23F3N4O. The van der Waals surface area contributed by atoms with E-state index in [1.807, 2.05) is 24.3 Å². The summed E-state index contributed by atoms with van der Waals surface area (Å²) in [5.74, 6) is -0.484. The number of hydrogen-bond donors (Lipinski definition) is 2. The van der Waals surface area contributed by atoms with Crippen molar-refractivity contribution in [3.63, 3.8) is 0 Å². The Kier molecular flexibility index (Phi) is 5.61. The van der Waals surface area contributed by atoms with Crippen LogP contribution < -0.4 is 11.1 Å². The lowest BCUT2D eigenvalue weighted by Crippen LogP contribution is -2.25. The van der Waals surface area contributed by atoms with E-state index in [9.17, 15) is 18.0 Å². The fraction of sp³-hybridized carbons (Fsp3) is 0.273. The molecule has 0 radical (unpaired) electrons. The number of nitrogen functional groups attached to an aromatic ring is 1. The molecule has 0 atom stereocenters. The van der Waals surface area contributed by atoms with Gasteiger partial charge >= 0.3 is 6.18 Å². The van der Waals surface area contributed by atoms with Crippen molar-refractivity contribution >= 4 is 11.7 Å². The zero-order valence-electron chi connectivity index (χ0n) is 16.9. The predicted molar refractivity (Wildman–Crippen MR) is 109 cm³/mol. The van der Waals surface area contributed by atoms with E-state index in [-0.39, 0.29) is 28.9 Å². The normalized spacial score (nSPS) is 12.1. The number of benzene rings is 2. The fourth-order valence-electron chi connectivity index (χ4n) is 3.06. The second-order valence-corrected chi connectivity index (χ2v) is 7.99. The Morgan fingerprint density at radius 2 is 1.70 bits per heavy atom. The van der Waals surface area contributed by atoms with Gasteiger partial charge in [0.25, 0.3) is 5.91 Å². The maximum absolute atomic E-state index is 13.1. The number of carbonyl (C=O) groups excluding carboxylic acids is 1. The molecule has 3 N–H and O–H groups in total. The van der Waals surface area contributed by atoms with Crippen LogP contribution in [-0.2, 0) is 18.1 Å². The number of nitrogens with zero attached hydrogens (tertiary/aromatic N) is 2. The highest BCUT2D eigenvalue weighted by Gasteiger charge is 2.33. The fourth-order valence-corrected chi connectivity index (χ4v) is 3.06. The van der Waals surface area contributed by atoms with Gasteiger partial charge in [0, 0.05) is 6.54 Å². The highest BCUT2D eigenvalue weighted by molar-refractivity contribution is 5.98. The van der Waals surface area contributed by atoms with E-state index in [1.165, 1.54) is 29.1 Å². The number of rotatable bonds is 4. The van der Waals surface area contributed by atoms with Gasteiger partial charge in [-0.05, 0) is 34.7 Å². The van der Waals surface area contributed by atoms with Crippen molar-refractivity contribution in [3.8, 4) is 5.69 Å². The molecule has 2 aromatic carbocycles. The second-order valence-electron chi connectivity index (χ2n) is 7.99. The van der Waals surface area contributed by atoms with Crippen LogP contribution in [0, 0.1) is 0 Å². The van der Waals surface area contributed by atoms with E-state index in [0.29, 0.717) is 5.69 Å². The van der Waals surface area contributed by atoms with Crippen LogP contribution in [0.1, 0.15) is 47.8 Å². The highest BCUT2D eigenvalue weighted by atomic mass is 19.4. The lowest BCUT2D eigenvalue weighted by Gasteiger charge is -2.19. The Morgan fingerprint density at radius 3 is 2.30 bits per heavy atom. The molecule has 8 heteroatoms. The van der Waals surface area contributed by atoms with Crippen LogP contribution >= 0.6 is 0 Å². The van der Waals surface area contributed by atoms with Crippen LogP contribution in [0.2, 0.25) is 0 Å². The number of carbonyl (C=O) groups is 1. The number of halogens is 3. The summed E-state index contributed by atoms with van der Waals surface area (Å²) in [6.07, 6.45) is -3.19. The summed E-state index contributed by atoms with van der Waals surface area (Å²) in [4.78, 5) is 12.5. The number of hydrogen-bond acceptors (Lipinski definition) is 3. The second kappa shape index (κ2) is 7.85. The summed E-state index contributed by atoms with van der Waals surface area (Å²) in [7, 11) is 0. The molecule has 158 valence electrons. The molecule has 1 aromatic heterocycles. The molecule has 0 bridgehead atoms. The third-order valence-electron chi connectivity index (χ3n) is 4.79. The maximum Gasteiger partial charge on any atom is 0.416 e. The number of amides is 1. The summed E-state index contributed by atoms with van der Waals surface area (Å²) in [5.41, 5.74) is 7.19. The summed E-state index contributed by atoms with van der Waals surface area (Å²) < 4.78 is 40.7. The summed E-state index contributed by atoms with van der Waals surface area (Å²) >= 11 is 0. The molecule has 0 aliphatic carbocycles. The maximum atomic E-state index is 13.1. The number of aromatic nitrogens is 2. The minimum atomic E-state index is -4.50. The molecule has 0 spiro atoms. The summed E-state index contributed by atoms with van der Waals surface area (Å²) in [6.45, 7) is 6.02. The van der Waals surface area contributed by atoms with Gasteiger partial charge in [-0.25, -0.2) is 4.68 Å². The molecule has 0 aliphatic rings. The molecule has 0 saturated heterocycles. The van der Waals surface area contributed by atoms with Gasteiger partial charge in [-0.3, -0.25) is 4.79 Å². The third-order valence-corrected chi connectivity index (χ3v) is 4.79. The Balaban J connectivity index is 1.77. The van der Waals surface area contributed by atoms with E-state index < -0.39 is 17.6 Å². The minimum absolute atomic E-state index is 0.00799. The Hall–Kier alpha value is -3.29. The van der Waals surface area contributed by atoms with Gasteiger partial charge in [0.15, 0.2) is 0 Å². The molecule has 0 saturated carbocycles. The van der Waals surface area contributed by atoms with Gasteiger partial charge in [0.05, 0.1) is 17.4 Å². The van der Waals surface area contributed by atoms with Crippen LogP contribution in [0.25, 0.3) is 5.69 Å². The van der Waals surface area contributed by atoms with Gasteiger partial charge in [0.2, 0.25) is 0 Å². The van der Waals surface area contributed by atoms with E-state index in [4.69, 9.17) is 5.73 Å². The van der Waals surface area contributed by atoms with Crippen LogP contribution in [-0.4, -0.2) is 15.7 Å². The molecule has 30 heavy (non-hydrogen) atoms. The first-order valence-electron chi connectivity index (χ1n) is 9.36. The predicted octanol–water partition coefficient (Wildman–Crippen LogP) is 4.70. The van der Waals surface area contributed by atoms with E-state index in [1.54, 1.807) is 0 Å². The molecule has 0 unspecified atom stereocenters. The average molecular weight is 416 g/mol. The van der Waals surface area contributed by atoms with E-state index >= 15 is 0 Å². The van der Waals surface area contributed by atoms with Gasteiger partial charge in [0.1, 0.15) is 11.4 Å². The molecule has 3 aromatic rings. The van der Waals surface area contributed by atoms with Crippen molar-refractivity contribution in [3.05, 3.63) is 77.0 Å². The zero-order chi connectivity index (χ0) is 22.1. The first-order chi connectivity index (χ1) is 14.0. The molecule has 5 nitrogen and oxygen atoms in total. The standard InChI is InChI=1S/C22H23F3N4O/c1-21(2,3)15-8-10-16(11-9-15)29-19(26)17(13-28-29)20(30)27-12-14-6-4-5-7-18(14)22(23,24)25/h4-11,13H,12,26H2,1-3H3,(H,27,30). The summed E-state index contributed by atoms with van der Waals surface area (Å²) in [5, 5.41) is 6.65. The number of anilines is 1. The largest absolute Gasteiger partial charge is 0.416 e. The smallest absolute Gasteiger partial charge is 0.383 e. The Labute approximate surface area is 172 Å². The van der Waals surface area contributed by atoms with Crippen molar-refractivity contribution < 1.29 is 18.0 Å². The van der Waals surface area contributed by atoms with Gasteiger partial charge in [-0.15, -0.1) is 0 Å². The monoisotopic (exact) mass is 416 g/mol. The molecular weight excluding hydrogens is 393 g/mol. The molecule has 3 rings (SSSR count). The zero-order valence-corrected chi connectivity index (χ0v) is 16.9. The highest BCUT2D eigenvalue weighted by Crippen LogP contribution is 2.32. The van der Waals surface area contributed by atoms with Crippen LogP contribution in [0.5, 0.6) is 0 Å². The molecule has 0 aliphatic heterocycles. The third kappa shape index (κ3) is 4.48. The molecule has 0 fully saturated rings. The number of nitrogens with one attached hydrogen (secondary N) is 1. The number of alkyl halides is 3. The Morgan fingerprint density at radius 1 is 1.07 bits per heavy atom. The quantitative estimate of drug-likeness (QED) is 0.648. The van der Waals surface area contributed by atoms with E-state index in [2.05, 4.69) is 31.2 Å². The first-order valence-corrected chi connectivity index (χ1v) is 9.36. The van der Waals surface area contributed by atoms with Gasteiger partial charge < -0.3 is 11.1 Å². The molecule has 1 heterocycles. The number of nitrogens with two attached hydrogens (primary N) is 1. The topological polar surface area (TPSA) is 72.9 Å². The van der Waals surface area contributed by atoms with Crippen molar-refractivity contribution in [1.82, 2.24) is 15.1 Å². The van der Waals surface area contributed by atoms with Crippen LogP contribution in [0.3, 0.4) is 0 Å². The lowest BCUT2D eigenvalue weighted by atomic mass is 9.87.